The molecule has 0 saturated carbocycles. The minimum absolute atomic E-state index is 0.0630. The highest BCUT2D eigenvalue weighted by molar-refractivity contribution is 5.87. The smallest absolute Gasteiger partial charge is 0.243 e. The van der Waals surface area contributed by atoms with Crippen LogP contribution < -0.4 is 10.6 Å². The van der Waals surface area contributed by atoms with Crippen LogP contribution >= 0.6 is 0 Å². The minimum atomic E-state index is -0.394. The normalized spacial score (nSPS) is 22.0. The Bertz CT molecular complexity index is 557. The molecule has 2 amide bonds. The van der Waals surface area contributed by atoms with Gasteiger partial charge < -0.3 is 10.6 Å². The number of hydrogen-bond donors (Lipinski definition) is 2. The molecule has 0 fully saturated rings. The van der Waals surface area contributed by atoms with Crippen LogP contribution in [0.5, 0.6) is 0 Å². The van der Waals surface area contributed by atoms with Gasteiger partial charge in [-0.2, -0.15) is 0 Å². The molecule has 4 nitrogen and oxygen atoms in total. The number of carbonyl (C=O) groups is 2. The lowest BCUT2D eigenvalue weighted by Gasteiger charge is -2.16. The standard InChI is InChI=1S/C17H21FN2O2/c18-15-7-4-3-6-13(15)12-14-9-10-16(21)19-11-5-1-2-8-17(22)20-14/h3-4,6-7,9-10,14H,1-2,5,8,11-12H2,(H,19,21)(H,20,22)/b10-9+/t14-/m1/s1. The van der Waals surface area contributed by atoms with Gasteiger partial charge in [-0.05, 0) is 30.9 Å². The van der Waals surface area contributed by atoms with E-state index in [2.05, 4.69) is 10.6 Å². The molecule has 1 aromatic rings. The second-order valence-electron chi connectivity index (χ2n) is 5.43. The van der Waals surface area contributed by atoms with Crippen molar-refractivity contribution in [3.63, 3.8) is 0 Å². The summed E-state index contributed by atoms with van der Waals surface area (Å²) in [5.74, 6) is -0.555. The van der Waals surface area contributed by atoms with Crippen molar-refractivity contribution in [2.45, 2.75) is 38.1 Å². The van der Waals surface area contributed by atoms with Crippen LogP contribution in [-0.2, 0) is 16.0 Å². The summed E-state index contributed by atoms with van der Waals surface area (Å²) in [6, 6.07) is 6.07. The molecule has 0 radical (unpaired) electrons. The largest absolute Gasteiger partial charge is 0.353 e. The summed E-state index contributed by atoms with van der Waals surface area (Å²) in [6.07, 6.45) is 6.37. The van der Waals surface area contributed by atoms with Crippen LogP contribution in [-0.4, -0.2) is 24.4 Å². The van der Waals surface area contributed by atoms with Crippen LogP contribution in [0, 0.1) is 5.82 Å². The number of hydrogen-bond acceptors (Lipinski definition) is 2. The van der Waals surface area contributed by atoms with Crippen molar-refractivity contribution >= 4 is 11.8 Å². The molecule has 5 heteroatoms. The molecule has 1 aromatic carbocycles. The Hall–Kier alpha value is -2.17. The average molecular weight is 304 g/mol. The lowest BCUT2D eigenvalue weighted by atomic mass is 10.0. The predicted molar refractivity (Wildman–Crippen MR) is 82.7 cm³/mol. The van der Waals surface area contributed by atoms with Gasteiger partial charge in [-0.25, -0.2) is 4.39 Å². The summed E-state index contributed by atoms with van der Waals surface area (Å²) in [5.41, 5.74) is 0.518. The van der Waals surface area contributed by atoms with Crippen LogP contribution in [0.25, 0.3) is 0 Å². The van der Waals surface area contributed by atoms with Gasteiger partial charge in [-0.1, -0.05) is 30.7 Å². The van der Waals surface area contributed by atoms with Gasteiger partial charge in [0.05, 0.1) is 6.04 Å². The molecule has 0 aliphatic carbocycles. The second-order valence-corrected chi connectivity index (χ2v) is 5.43. The highest BCUT2D eigenvalue weighted by atomic mass is 19.1. The lowest BCUT2D eigenvalue weighted by Crippen LogP contribution is -2.36. The van der Waals surface area contributed by atoms with Gasteiger partial charge in [-0.3, -0.25) is 9.59 Å². The fraction of sp³-hybridized carbons (Fsp3) is 0.412. The fourth-order valence-corrected chi connectivity index (χ4v) is 2.41. The maximum absolute atomic E-state index is 13.7. The van der Waals surface area contributed by atoms with Crippen molar-refractivity contribution in [2.75, 3.05) is 6.54 Å². The van der Waals surface area contributed by atoms with Crippen LogP contribution in [0.3, 0.4) is 0 Å². The number of nitrogens with one attached hydrogen (secondary N) is 2. The van der Waals surface area contributed by atoms with Crippen LogP contribution in [0.1, 0.15) is 31.2 Å². The molecule has 0 bridgehead atoms. The van der Waals surface area contributed by atoms with E-state index < -0.39 is 6.04 Å². The number of benzene rings is 1. The van der Waals surface area contributed by atoms with E-state index in [1.807, 2.05) is 0 Å². The summed E-state index contributed by atoms with van der Waals surface area (Å²) in [5, 5.41) is 5.65. The second kappa shape index (κ2) is 8.32. The SMILES string of the molecule is O=C1/C=C/[C@H](Cc2ccccc2F)NC(=O)CCCCCN1. The van der Waals surface area contributed by atoms with E-state index in [1.165, 1.54) is 12.1 Å². The number of carbonyl (C=O) groups excluding carboxylic acids is 2. The topological polar surface area (TPSA) is 58.2 Å². The quantitative estimate of drug-likeness (QED) is 0.879. The molecular weight excluding hydrogens is 283 g/mol. The molecule has 0 spiro atoms. The summed E-state index contributed by atoms with van der Waals surface area (Å²) in [6.45, 7) is 0.614. The fourth-order valence-electron chi connectivity index (χ4n) is 2.41. The molecule has 2 rings (SSSR count). The zero-order valence-electron chi connectivity index (χ0n) is 12.5. The lowest BCUT2D eigenvalue weighted by molar-refractivity contribution is -0.122. The molecule has 1 aliphatic rings. The van der Waals surface area contributed by atoms with Crippen molar-refractivity contribution in [3.8, 4) is 0 Å². The highest BCUT2D eigenvalue weighted by Crippen LogP contribution is 2.11. The van der Waals surface area contributed by atoms with E-state index >= 15 is 0 Å². The van der Waals surface area contributed by atoms with Crippen molar-refractivity contribution in [3.05, 3.63) is 47.8 Å². The summed E-state index contributed by atoms with van der Waals surface area (Å²) in [4.78, 5) is 23.6. The van der Waals surface area contributed by atoms with E-state index in [4.69, 9.17) is 0 Å². The van der Waals surface area contributed by atoms with Gasteiger partial charge in [0.2, 0.25) is 11.8 Å². The molecule has 0 aromatic heterocycles. The molecule has 1 atom stereocenters. The number of amides is 2. The Balaban J connectivity index is 2.10. The Morgan fingerprint density at radius 1 is 1.14 bits per heavy atom. The third-order valence-electron chi connectivity index (χ3n) is 3.60. The third-order valence-corrected chi connectivity index (χ3v) is 3.60. The van der Waals surface area contributed by atoms with Gasteiger partial charge in [-0.15, -0.1) is 0 Å². The van der Waals surface area contributed by atoms with Gasteiger partial charge in [0.25, 0.3) is 0 Å². The molecular formula is C17H21FN2O2. The third kappa shape index (κ3) is 5.31. The maximum Gasteiger partial charge on any atom is 0.243 e. The van der Waals surface area contributed by atoms with E-state index in [1.54, 1.807) is 24.3 Å². The van der Waals surface area contributed by atoms with Gasteiger partial charge in [0.1, 0.15) is 5.82 Å². The first-order valence-corrected chi connectivity index (χ1v) is 7.64. The summed E-state index contributed by atoms with van der Waals surface area (Å²) >= 11 is 0. The zero-order valence-corrected chi connectivity index (χ0v) is 12.5. The highest BCUT2D eigenvalue weighted by Gasteiger charge is 2.13. The summed E-state index contributed by atoms with van der Waals surface area (Å²) in [7, 11) is 0. The van der Waals surface area contributed by atoms with Gasteiger partial charge >= 0.3 is 0 Å². The summed E-state index contributed by atoms with van der Waals surface area (Å²) < 4.78 is 13.7. The van der Waals surface area contributed by atoms with E-state index in [9.17, 15) is 14.0 Å². The Kier molecular flexibility index (Phi) is 6.13. The van der Waals surface area contributed by atoms with Crippen LogP contribution in [0.15, 0.2) is 36.4 Å². The van der Waals surface area contributed by atoms with E-state index in [0.717, 1.165) is 19.3 Å². The van der Waals surface area contributed by atoms with Crippen molar-refractivity contribution < 1.29 is 14.0 Å². The molecule has 0 saturated heterocycles. The molecule has 118 valence electrons. The molecule has 0 unspecified atom stereocenters. The van der Waals surface area contributed by atoms with Crippen molar-refractivity contribution in [1.82, 2.24) is 10.6 Å². The molecule has 1 heterocycles. The van der Waals surface area contributed by atoms with Crippen LogP contribution in [0.2, 0.25) is 0 Å². The first-order chi connectivity index (χ1) is 10.6. The monoisotopic (exact) mass is 304 g/mol. The first-order valence-electron chi connectivity index (χ1n) is 7.64. The van der Waals surface area contributed by atoms with E-state index in [0.29, 0.717) is 24.9 Å². The Labute approximate surface area is 129 Å². The predicted octanol–water partition coefficient (Wildman–Crippen LogP) is 2.10. The molecule has 2 N–H and O–H groups in total. The van der Waals surface area contributed by atoms with Crippen LogP contribution in [0.4, 0.5) is 4.39 Å². The zero-order chi connectivity index (χ0) is 15.8. The average Bonchev–Trinajstić information content (AvgIpc) is 2.49. The minimum Gasteiger partial charge on any atom is -0.353 e. The van der Waals surface area contributed by atoms with Crippen molar-refractivity contribution in [2.24, 2.45) is 0 Å². The molecule has 1 aliphatic heterocycles. The first kappa shape index (κ1) is 16.2. The van der Waals surface area contributed by atoms with Gasteiger partial charge in [0, 0.05) is 19.0 Å². The maximum atomic E-state index is 13.7. The number of rotatable bonds is 2. The Morgan fingerprint density at radius 2 is 1.95 bits per heavy atom. The number of halogens is 1. The van der Waals surface area contributed by atoms with Crippen molar-refractivity contribution in [1.29, 1.82) is 0 Å². The Morgan fingerprint density at radius 3 is 2.77 bits per heavy atom. The molecule has 22 heavy (non-hydrogen) atoms. The van der Waals surface area contributed by atoms with Gasteiger partial charge in [0.15, 0.2) is 0 Å². The van der Waals surface area contributed by atoms with E-state index in [-0.39, 0.29) is 17.6 Å².